The molecule has 0 aromatic carbocycles. The minimum atomic E-state index is -4.42. The fourth-order valence-electron chi connectivity index (χ4n) is 6.44. The van der Waals surface area contributed by atoms with Crippen LogP contribution in [0.3, 0.4) is 0 Å². The summed E-state index contributed by atoms with van der Waals surface area (Å²) in [5.74, 6) is 1.37. The maximum Gasteiger partial charge on any atom is 0.472 e. The number of rotatable bonds is 23. The van der Waals surface area contributed by atoms with Gasteiger partial charge in [-0.25, -0.2) is 9.36 Å². The van der Waals surface area contributed by atoms with Crippen LogP contribution in [0.5, 0.6) is 0 Å². The molecule has 260 valence electrons. The van der Waals surface area contributed by atoms with E-state index in [0.717, 1.165) is 22.7 Å². The molecule has 0 spiro atoms. The molecular weight excluding hydrogens is 622 g/mol. The Morgan fingerprint density at radius 3 is 2.24 bits per heavy atom. The second-order valence-electron chi connectivity index (χ2n) is 12.8. The van der Waals surface area contributed by atoms with Crippen molar-refractivity contribution in [2.45, 2.75) is 153 Å². The van der Waals surface area contributed by atoms with Gasteiger partial charge in [-0.15, -0.1) is 0 Å². The number of thioether (sulfide) groups is 1. The van der Waals surface area contributed by atoms with E-state index in [-0.39, 0.29) is 13.0 Å². The van der Waals surface area contributed by atoms with Gasteiger partial charge in [-0.2, -0.15) is 16.2 Å². The summed E-state index contributed by atoms with van der Waals surface area (Å²) in [6.07, 6.45) is 21.0. The second kappa shape index (κ2) is 21.1. The third-order valence-electron chi connectivity index (χ3n) is 8.99. The SMILES string of the molecule is C[C@@H](OP(=O)(O)OCCSCCCCCCCCCCCCCCC1CCCCC1)[C@H]1O[C@@H](n2cc(F)c(=O)[nH]c2=O)C[C@@H]1O. The van der Waals surface area contributed by atoms with Crippen molar-refractivity contribution in [1.29, 1.82) is 0 Å². The summed E-state index contributed by atoms with van der Waals surface area (Å²) in [5.41, 5.74) is -2.05. The number of H-pyrrole nitrogens is 1. The van der Waals surface area contributed by atoms with E-state index in [1.165, 1.54) is 116 Å². The van der Waals surface area contributed by atoms with Crippen LogP contribution in [0, 0.1) is 11.7 Å². The van der Waals surface area contributed by atoms with Crippen LogP contribution in [-0.2, 0) is 18.3 Å². The Morgan fingerprint density at radius 2 is 1.60 bits per heavy atom. The molecule has 1 aromatic rings. The molecule has 5 atom stereocenters. The van der Waals surface area contributed by atoms with Crippen molar-refractivity contribution >= 4 is 19.6 Å². The summed E-state index contributed by atoms with van der Waals surface area (Å²) in [6, 6.07) is 0. The molecule has 3 N–H and O–H groups in total. The number of aliphatic hydroxyl groups is 1. The minimum Gasteiger partial charge on any atom is -0.390 e. The molecule has 1 unspecified atom stereocenters. The summed E-state index contributed by atoms with van der Waals surface area (Å²) < 4.78 is 42.7. The van der Waals surface area contributed by atoms with Crippen LogP contribution >= 0.6 is 19.6 Å². The van der Waals surface area contributed by atoms with Crippen molar-refractivity contribution in [1.82, 2.24) is 9.55 Å². The summed E-state index contributed by atoms with van der Waals surface area (Å²) in [5, 5.41) is 10.4. The van der Waals surface area contributed by atoms with Crippen molar-refractivity contribution in [3.63, 3.8) is 0 Å². The third kappa shape index (κ3) is 14.7. The lowest BCUT2D eigenvalue weighted by Gasteiger charge is -2.24. The molecule has 13 heteroatoms. The highest BCUT2D eigenvalue weighted by Gasteiger charge is 2.42. The van der Waals surface area contributed by atoms with E-state index in [1.807, 2.05) is 4.98 Å². The second-order valence-corrected chi connectivity index (χ2v) is 15.4. The number of aromatic nitrogens is 2. The molecular formula is C32H56FN2O8PS. The molecule has 0 bridgehead atoms. The van der Waals surface area contributed by atoms with Crippen LogP contribution in [0.15, 0.2) is 15.8 Å². The smallest absolute Gasteiger partial charge is 0.390 e. The average molecular weight is 679 g/mol. The summed E-state index contributed by atoms with van der Waals surface area (Å²) >= 11 is 1.67. The number of nitrogens with zero attached hydrogens (tertiary/aromatic N) is 1. The molecule has 2 aliphatic rings. The zero-order valence-corrected chi connectivity index (χ0v) is 28.8. The Morgan fingerprint density at radius 1 is 1.00 bits per heavy atom. The lowest BCUT2D eigenvalue weighted by molar-refractivity contribution is -0.0765. The van der Waals surface area contributed by atoms with Crippen LogP contribution in [-0.4, -0.2) is 56.0 Å². The molecule has 1 aliphatic carbocycles. The van der Waals surface area contributed by atoms with Gasteiger partial charge in [-0.1, -0.05) is 109 Å². The van der Waals surface area contributed by atoms with Crippen molar-refractivity contribution in [2.24, 2.45) is 5.92 Å². The number of hydrogen-bond donors (Lipinski definition) is 3. The van der Waals surface area contributed by atoms with E-state index in [2.05, 4.69) is 0 Å². The fourth-order valence-corrected chi connectivity index (χ4v) is 8.30. The molecule has 1 saturated carbocycles. The van der Waals surface area contributed by atoms with Crippen LogP contribution in [0.1, 0.15) is 135 Å². The number of ether oxygens (including phenoxy) is 1. The number of hydrogen-bond acceptors (Lipinski definition) is 8. The summed E-state index contributed by atoms with van der Waals surface area (Å²) in [4.78, 5) is 35.2. The Labute approximate surface area is 271 Å². The maximum absolute atomic E-state index is 13.6. The number of phosphoric ester groups is 1. The third-order valence-corrected chi connectivity index (χ3v) is 11.1. The van der Waals surface area contributed by atoms with E-state index in [0.29, 0.717) is 11.9 Å². The molecule has 0 radical (unpaired) electrons. The number of unbranched alkanes of at least 4 members (excludes halogenated alkanes) is 11. The Kier molecular flexibility index (Phi) is 18.0. The Bertz CT molecular complexity index is 1130. The van der Waals surface area contributed by atoms with Crippen LogP contribution < -0.4 is 11.2 Å². The largest absolute Gasteiger partial charge is 0.472 e. The zero-order valence-electron chi connectivity index (χ0n) is 27.0. The van der Waals surface area contributed by atoms with E-state index in [1.54, 1.807) is 11.8 Å². The quantitative estimate of drug-likeness (QED) is 0.0808. The molecule has 1 aromatic heterocycles. The predicted molar refractivity (Wildman–Crippen MR) is 176 cm³/mol. The van der Waals surface area contributed by atoms with Crippen LogP contribution in [0.4, 0.5) is 4.39 Å². The predicted octanol–water partition coefficient (Wildman–Crippen LogP) is 7.23. The molecule has 3 rings (SSSR count). The van der Waals surface area contributed by atoms with Gasteiger partial charge < -0.3 is 14.7 Å². The van der Waals surface area contributed by atoms with Crippen molar-refractivity contribution in [3.8, 4) is 0 Å². The average Bonchev–Trinajstić information content (AvgIpc) is 3.40. The van der Waals surface area contributed by atoms with Crippen molar-refractivity contribution in [2.75, 3.05) is 18.1 Å². The lowest BCUT2D eigenvalue weighted by Crippen LogP contribution is -2.35. The van der Waals surface area contributed by atoms with Gasteiger partial charge in [-0.3, -0.25) is 23.4 Å². The lowest BCUT2D eigenvalue weighted by atomic mass is 9.85. The molecule has 45 heavy (non-hydrogen) atoms. The van der Waals surface area contributed by atoms with Crippen LogP contribution in [0.25, 0.3) is 0 Å². The van der Waals surface area contributed by atoms with Crippen molar-refractivity contribution < 1.29 is 32.7 Å². The van der Waals surface area contributed by atoms with Crippen molar-refractivity contribution in [3.05, 3.63) is 32.9 Å². The van der Waals surface area contributed by atoms with Gasteiger partial charge >= 0.3 is 13.5 Å². The first-order chi connectivity index (χ1) is 21.7. The number of nitrogens with one attached hydrogen (secondary N) is 1. The van der Waals surface area contributed by atoms with Gasteiger partial charge in [0.2, 0.25) is 5.82 Å². The molecule has 1 saturated heterocycles. The number of aliphatic hydroxyl groups excluding tert-OH is 1. The minimum absolute atomic E-state index is 0.0361. The molecule has 2 heterocycles. The molecule has 0 amide bonds. The van der Waals surface area contributed by atoms with Crippen LogP contribution in [0.2, 0.25) is 0 Å². The number of halogens is 1. The summed E-state index contributed by atoms with van der Waals surface area (Å²) in [7, 11) is -4.42. The molecule has 10 nitrogen and oxygen atoms in total. The van der Waals surface area contributed by atoms with E-state index >= 15 is 0 Å². The molecule has 2 fully saturated rings. The van der Waals surface area contributed by atoms with Gasteiger partial charge in [0.25, 0.3) is 5.56 Å². The highest BCUT2D eigenvalue weighted by atomic mass is 32.2. The van der Waals surface area contributed by atoms with Gasteiger partial charge in [0.15, 0.2) is 0 Å². The highest BCUT2D eigenvalue weighted by Crippen LogP contribution is 2.46. The van der Waals surface area contributed by atoms with E-state index in [4.69, 9.17) is 13.8 Å². The summed E-state index contributed by atoms with van der Waals surface area (Å²) in [6.45, 7) is 1.47. The maximum atomic E-state index is 13.6. The van der Waals surface area contributed by atoms with Gasteiger partial charge in [0.1, 0.15) is 12.3 Å². The monoisotopic (exact) mass is 678 g/mol. The molecule has 1 aliphatic heterocycles. The van der Waals surface area contributed by atoms with Gasteiger partial charge in [0, 0.05) is 12.2 Å². The highest BCUT2D eigenvalue weighted by molar-refractivity contribution is 7.99. The van der Waals surface area contributed by atoms with E-state index < -0.39 is 49.4 Å². The first-order valence-electron chi connectivity index (χ1n) is 17.2. The standard InChI is InChI=1S/C32H56FN2O8PS/c1-25(30-28(36)23-29(42-30)35-24-27(33)31(37)34-32(35)38)43-44(39,40)41-20-22-45-21-16-11-9-7-5-3-2-4-6-8-10-13-17-26-18-14-12-15-19-26/h24-26,28-30,36H,2-23H2,1H3,(H,39,40)(H,34,37,38)/t25-,28+,29-,30-/m1/s1. The Balaban J connectivity index is 1.12. The topological polar surface area (TPSA) is 140 Å². The first-order valence-corrected chi connectivity index (χ1v) is 19.9. The number of aromatic amines is 1. The van der Waals surface area contributed by atoms with Gasteiger partial charge in [-0.05, 0) is 25.0 Å². The van der Waals surface area contributed by atoms with Gasteiger partial charge in [0.05, 0.1) is 25.0 Å². The normalized spacial score (nSPS) is 22.9. The van der Waals surface area contributed by atoms with E-state index in [9.17, 15) is 28.5 Å². The fraction of sp³-hybridized carbons (Fsp3) is 0.875. The zero-order chi connectivity index (χ0) is 32.5. The Hall–Kier alpha value is -1.01. The first kappa shape index (κ1) is 38.4. The number of phosphoric acid groups is 1.